The van der Waals surface area contributed by atoms with Gasteiger partial charge < -0.3 is 10.6 Å². The Morgan fingerprint density at radius 3 is 2.76 bits per heavy atom. The summed E-state index contributed by atoms with van der Waals surface area (Å²) in [6.45, 7) is 7.66. The van der Waals surface area contributed by atoms with Crippen molar-refractivity contribution >= 4 is 24.0 Å². The zero-order valence-corrected chi connectivity index (χ0v) is 18.0. The van der Waals surface area contributed by atoms with Crippen LogP contribution in [0.4, 0.5) is 5.69 Å². The highest BCUT2D eigenvalue weighted by Crippen LogP contribution is 2.19. The van der Waals surface area contributed by atoms with E-state index in [4.69, 9.17) is 0 Å². The lowest BCUT2D eigenvalue weighted by atomic mass is 10.00. The van der Waals surface area contributed by atoms with Crippen LogP contribution in [0.5, 0.6) is 0 Å². The third-order valence-corrected chi connectivity index (χ3v) is 5.85. The lowest BCUT2D eigenvalue weighted by molar-refractivity contribution is 0.102. The van der Waals surface area contributed by atoms with Crippen LogP contribution in [0.25, 0.3) is 0 Å². The van der Waals surface area contributed by atoms with E-state index in [-0.39, 0.29) is 18.3 Å². The van der Waals surface area contributed by atoms with Gasteiger partial charge in [0, 0.05) is 31.5 Å². The smallest absolute Gasteiger partial charge is 0.276 e. The summed E-state index contributed by atoms with van der Waals surface area (Å²) < 4.78 is 1.92. The number of benzene rings is 1. The van der Waals surface area contributed by atoms with Crippen LogP contribution in [0, 0.1) is 5.92 Å². The molecule has 1 aromatic heterocycles. The molecule has 2 aromatic rings. The highest BCUT2D eigenvalue weighted by atomic mass is 35.5. The normalized spacial score (nSPS) is 22.7. The molecule has 1 amide bonds. The quantitative estimate of drug-likeness (QED) is 0.778. The number of anilines is 1. The predicted octanol–water partition coefficient (Wildman–Crippen LogP) is 3.71. The number of hydrogen-bond acceptors (Lipinski definition) is 4. The molecule has 158 valence electrons. The Labute approximate surface area is 179 Å². The number of halogens is 1. The molecule has 0 saturated carbocycles. The monoisotopic (exact) mass is 417 g/mol. The van der Waals surface area contributed by atoms with Crippen LogP contribution in [0.1, 0.15) is 54.7 Å². The van der Waals surface area contributed by atoms with E-state index in [0.717, 1.165) is 44.1 Å². The number of hydrogen-bond donors (Lipinski definition) is 2. The Balaban J connectivity index is 0.00000240. The summed E-state index contributed by atoms with van der Waals surface area (Å²) >= 11 is 0. The molecule has 4 rings (SSSR count). The Bertz CT molecular complexity index is 785. The van der Waals surface area contributed by atoms with E-state index in [1.165, 1.54) is 31.5 Å². The maximum atomic E-state index is 12.5. The molecule has 29 heavy (non-hydrogen) atoms. The lowest BCUT2D eigenvalue weighted by Gasteiger charge is -2.30. The fourth-order valence-corrected chi connectivity index (χ4v) is 4.30. The van der Waals surface area contributed by atoms with E-state index in [9.17, 15) is 4.79 Å². The van der Waals surface area contributed by atoms with Gasteiger partial charge in [0.15, 0.2) is 5.69 Å². The molecule has 6 nitrogen and oxygen atoms in total. The summed E-state index contributed by atoms with van der Waals surface area (Å²) in [5.41, 5.74) is 2.58. The molecule has 2 aliphatic rings. The van der Waals surface area contributed by atoms with E-state index in [0.29, 0.717) is 11.7 Å². The van der Waals surface area contributed by atoms with E-state index in [1.807, 2.05) is 23.0 Å². The summed E-state index contributed by atoms with van der Waals surface area (Å²) in [5.74, 6) is 0.636. The Morgan fingerprint density at radius 2 is 2.03 bits per heavy atom. The summed E-state index contributed by atoms with van der Waals surface area (Å²) in [6.07, 6.45) is 6.80. The predicted molar refractivity (Wildman–Crippen MR) is 119 cm³/mol. The second kappa shape index (κ2) is 10.2. The maximum absolute atomic E-state index is 12.5. The Hall–Kier alpha value is -1.89. The zero-order valence-electron chi connectivity index (χ0n) is 17.1. The van der Waals surface area contributed by atoms with Crippen molar-refractivity contribution in [1.82, 2.24) is 20.0 Å². The SMILES string of the molecule is CC1CCCN(Cc2ccc(NC(=O)c3ccn(C4CCCNC4)n3)cc2)C1.Cl. The number of carbonyl (C=O) groups excluding carboxylic acids is 1. The zero-order chi connectivity index (χ0) is 19.3. The van der Waals surface area contributed by atoms with Crippen molar-refractivity contribution in [2.75, 3.05) is 31.5 Å². The fourth-order valence-electron chi connectivity index (χ4n) is 4.30. The average Bonchev–Trinajstić information content (AvgIpc) is 3.21. The highest BCUT2D eigenvalue weighted by Gasteiger charge is 2.18. The fraction of sp³-hybridized carbons (Fsp3) is 0.545. The van der Waals surface area contributed by atoms with Gasteiger partial charge in [-0.05, 0) is 68.5 Å². The van der Waals surface area contributed by atoms with Crippen molar-refractivity contribution in [2.45, 2.75) is 45.2 Å². The number of nitrogens with one attached hydrogen (secondary N) is 2. The molecule has 0 bridgehead atoms. The summed E-state index contributed by atoms with van der Waals surface area (Å²) in [6, 6.07) is 10.3. The van der Waals surface area contributed by atoms with Crippen molar-refractivity contribution in [3.63, 3.8) is 0 Å². The topological polar surface area (TPSA) is 62.2 Å². The maximum Gasteiger partial charge on any atom is 0.276 e. The van der Waals surface area contributed by atoms with E-state index in [2.05, 4.69) is 39.7 Å². The first kappa shape index (κ1) is 21.8. The summed E-state index contributed by atoms with van der Waals surface area (Å²) in [5, 5.41) is 10.8. The van der Waals surface area contributed by atoms with Crippen molar-refractivity contribution in [3.05, 3.63) is 47.8 Å². The number of nitrogens with zero attached hydrogens (tertiary/aromatic N) is 3. The van der Waals surface area contributed by atoms with Gasteiger partial charge in [0.2, 0.25) is 0 Å². The number of aromatic nitrogens is 2. The van der Waals surface area contributed by atoms with E-state index < -0.39 is 0 Å². The third-order valence-electron chi connectivity index (χ3n) is 5.85. The molecule has 2 atom stereocenters. The minimum atomic E-state index is -0.153. The van der Waals surface area contributed by atoms with E-state index in [1.54, 1.807) is 6.07 Å². The molecule has 0 spiro atoms. The first-order valence-corrected chi connectivity index (χ1v) is 10.6. The standard InChI is InChI=1S/C22H31N5O.ClH/c1-17-4-3-12-26(15-17)16-18-6-8-19(9-7-18)24-22(28)21-10-13-27(25-21)20-5-2-11-23-14-20;/h6-10,13,17,20,23H,2-5,11-12,14-16H2,1H3,(H,24,28);1H. The van der Waals surface area contributed by atoms with Gasteiger partial charge in [-0.3, -0.25) is 14.4 Å². The van der Waals surface area contributed by atoms with Gasteiger partial charge in [-0.25, -0.2) is 0 Å². The van der Waals surface area contributed by atoms with Gasteiger partial charge in [-0.15, -0.1) is 12.4 Å². The van der Waals surface area contributed by atoms with Crippen LogP contribution in [0.2, 0.25) is 0 Å². The number of amides is 1. The molecule has 2 unspecified atom stereocenters. The number of piperidine rings is 2. The Morgan fingerprint density at radius 1 is 1.21 bits per heavy atom. The minimum absolute atomic E-state index is 0. The third kappa shape index (κ3) is 5.81. The van der Waals surface area contributed by atoms with Crippen LogP contribution < -0.4 is 10.6 Å². The van der Waals surface area contributed by atoms with Gasteiger partial charge >= 0.3 is 0 Å². The van der Waals surface area contributed by atoms with Crippen LogP contribution in [0.15, 0.2) is 36.5 Å². The van der Waals surface area contributed by atoms with Crippen molar-refractivity contribution in [1.29, 1.82) is 0 Å². The first-order valence-electron chi connectivity index (χ1n) is 10.6. The van der Waals surface area contributed by atoms with Crippen LogP contribution in [-0.2, 0) is 6.54 Å². The van der Waals surface area contributed by atoms with Gasteiger partial charge in [-0.2, -0.15) is 5.10 Å². The van der Waals surface area contributed by atoms with Gasteiger partial charge in [0.05, 0.1) is 6.04 Å². The average molecular weight is 418 g/mol. The summed E-state index contributed by atoms with van der Waals surface area (Å²) in [4.78, 5) is 15.1. The van der Waals surface area contributed by atoms with Crippen LogP contribution >= 0.6 is 12.4 Å². The van der Waals surface area contributed by atoms with Gasteiger partial charge in [0.1, 0.15) is 0 Å². The van der Waals surface area contributed by atoms with Crippen molar-refractivity contribution in [3.8, 4) is 0 Å². The molecule has 0 radical (unpaired) electrons. The molecular weight excluding hydrogens is 386 g/mol. The second-order valence-electron chi connectivity index (χ2n) is 8.31. The van der Waals surface area contributed by atoms with Gasteiger partial charge in [0.25, 0.3) is 5.91 Å². The van der Waals surface area contributed by atoms with E-state index >= 15 is 0 Å². The van der Waals surface area contributed by atoms with Crippen LogP contribution in [-0.4, -0.2) is 46.8 Å². The van der Waals surface area contributed by atoms with Crippen LogP contribution in [0.3, 0.4) is 0 Å². The molecule has 1 aromatic carbocycles. The molecule has 3 heterocycles. The molecular formula is C22H32ClN5O. The largest absolute Gasteiger partial charge is 0.321 e. The lowest BCUT2D eigenvalue weighted by Crippen LogP contribution is -2.33. The molecule has 2 saturated heterocycles. The molecule has 2 N–H and O–H groups in total. The molecule has 7 heteroatoms. The molecule has 0 aliphatic carbocycles. The Kier molecular flexibility index (Phi) is 7.70. The minimum Gasteiger partial charge on any atom is -0.321 e. The number of carbonyl (C=O) groups is 1. The molecule has 2 fully saturated rings. The molecule has 2 aliphatic heterocycles. The number of likely N-dealkylation sites (tertiary alicyclic amines) is 1. The number of rotatable bonds is 5. The van der Waals surface area contributed by atoms with Crippen molar-refractivity contribution in [2.24, 2.45) is 5.92 Å². The highest BCUT2D eigenvalue weighted by molar-refractivity contribution is 6.02. The first-order chi connectivity index (χ1) is 13.7. The second-order valence-corrected chi connectivity index (χ2v) is 8.31. The van der Waals surface area contributed by atoms with Crippen molar-refractivity contribution < 1.29 is 4.79 Å². The van der Waals surface area contributed by atoms with Gasteiger partial charge in [-0.1, -0.05) is 19.1 Å². The summed E-state index contributed by atoms with van der Waals surface area (Å²) in [7, 11) is 0.